The van der Waals surface area contributed by atoms with Gasteiger partial charge in [-0.3, -0.25) is 0 Å². The van der Waals surface area contributed by atoms with Gasteiger partial charge in [-0.1, -0.05) is 490 Å². The number of hydrogen-bond acceptors (Lipinski definition) is 4. The second-order valence-corrected chi connectivity index (χ2v) is 34.5. The van der Waals surface area contributed by atoms with Crippen molar-refractivity contribution in [1.82, 2.24) is 0 Å². The van der Waals surface area contributed by atoms with E-state index in [9.17, 15) is 0 Å². The Morgan fingerprint density at radius 3 is 0.483 bits per heavy atom. The molecule has 0 saturated heterocycles. The molecule has 1 aliphatic carbocycles. The molecule has 9 aromatic carbocycles. The molecule has 0 N–H and O–H groups in total. The zero-order chi connectivity index (χ0) is 93.5. The highest BCUT2D eigenvalue weighted by molar-refractivity contribution is 5.86. The topological polar surface area (TPSA) is 36.9 Å². The summed E-state index contributed by atoms with van der Waals surface area (Å²) in [6.45, 7) is 95.2. The minimum atomic E-state index is -0.254. The summed E-state index contributed by atoms with van der Waals surface area (Å²) in [4.78, 5) is 0. The molecule has 0 amide bonds. The summed E-state index contributed by atoms with van der Waals surface area (Å²) in [5, 5.41) is 2.62. The van der Waals surface area contributed by atoms with E-state index in [-0.39, 0.29) is 27.8 Å². The second kappa shape index (κ2) is 80.5. The van der Waals surface area contributed by atoms with Crippen LogP contribution >= 0.6 is 0 Å². The lowest BCUT2D eigenvalue weighted by molar-refractivity contribution is 0.0394. The maximum absolute atomic E-state index is 4.94. The minimum Gasteiger partial charge on any atom is -0.379 e. The van der Waals surface area contributed by atoms with Gasteiger partial charge in [-0.15, -0.1) is 0 Å². The first-order valence-corrected chi connectivity index (χ1v) is 44.1. The fourth-order valence-corrected chi connectivity index (χ4v) is 7.35. The average molecular weight is 1600 g/mol. The number of benzene rings is 9. The first-order chi connectivity index (χ1) is 54.1. The molecule has 0 heterocycles. The highest BCUT2D eigenvalue weighted by Gasteiger charge is 2.45. The molecule has 0 aliphatic heterocycles. The molecule has 116 heavy (non-hydrogen) atoms. The van der Waals surface area contributed by atoms with E-state index in [0.29, 0.717) is 21.7 Å². The van der Waals surface area contributed by atoms with E-state index in [2.05, 4.69) is 329 Å². The van der Waals surface area contributed by atoms with Gasteiger partial charge in [0, 0.05) is 28.4 Å². The minimum absolute atomic E-state index is 0.0417. The predicted octanol–water partition coefficient (Wildman–Crippen LogP) is 37.0. The fraction of sp³-hybridized carbons (Fsp3) is 0.536. The lowest BCUT2D eigenvalue weighted by Gasteiger charge is -2.33. The van der Waals surface area contributed by atoms with Crippen molar-refractivity contribution < 1.29 is 18.9 Å². The van der Waals surface area contributed by atoms with E-state index < -0.39 is 0 Å². The van der Waals surface area contributed by atoms with Gasteiger partial charge in [-0.05, 0) is 166 Å². The molecule has 0 saturated carbocycles. The zero-order valence-electron chi connectivity index (χ0n) is 86.1. The molecular weight excluding hydrogens is 1410 g/mol. The SMILES string of the molecule is CC.CC.CC.CC.CC.CC.CC.CC.CC.CC(C)(C)C.CC(C)(C)C.CC(C)(C)C.CC(C)(C)C.COC(C)(C)C.COC(C)(C)C.COC(C)(C)C.COC(C)(C)C.c1ccc(C2(c3ccccc3)c3ccccc3-c3ccccc32)cc1.c1ccc(Cc2ccccc2)cc1.c1ccc2ccccc2c1.c1ccccc1. The van der Waals surface area contributed by atoms with E-state index >= 15 is 0 Å². The van der Waals surface area contributed by atoms with Gasteiger partial charge in [-0.25, -0.2) is 0 Å². The fourth-order valence-electron chi connectivity index (χ4n) is 7.35. The molecule has 10 rings (SSSR count). The Hall–Kier alpha value is -6.92. The molecule has 4 nitrogen and oxygen atoms in total. The first-order valence-electron chi connectivity index (χ1n) is 44.1. The summed E-state index contributed by atoms with van der Waals surface area (Å²) in [5.41, 5.74) is 12.7. The Morgan fingerprint density at radius 2 is 0.319 bits per heavy atom. The Morgan fingerprint density at radius 1 is 0.190 bits per heavy atom. The maximum Gasteiger partial charge on any atom is 0.0713 e. The molecular formula is C112H194O4. The normalized spacial score (nSPS) is 10.4. The molecule has 9 aromatic rings. The molecule has 0 unspecified atom stereocenters. The standard InChI is InChI=1S/C25H18.C13H12.C10H8.C6H6.4C5H12O.4C5H12.9C2H6/c1-3-11-19(12-4-1)25(20-13-5-2-6-14-20)23-17-9-7-15-21(23)22-16-8-10-18-24(22)25;1-3-7-12(8-4-1)11-13-9-5-2-6-10-13;1-2-6-10-8-4-3-7-9(10)5-1;1-2-4-6-5-3-1;4*1-5(2,3)6-4;4*1-5(2,3)4;9*1-2/h1-18H;1-10H,11H2;1-8H;1-6H;4*1-4H3;4*1-4H3;9*1-2H3. The summed E-state index contributed by atoms with van der Waals surface area (Å²) in [6.07, 6.45) is 1.03. The van der Waals surface area contributed by atoms with E-state index in [1.54, 1.807) is 28.4 Å². The van der Waals surface area contributed by atoms with Crippen LogP contribution in [-0.4, -0.2) is 50.8 Å². The zero-order valence-corrected chi connectivity index (χ0v) is 86.1. The lowest BCUT2D eigenvalue weighted by Crippen LogP contribution is -2.28. The number of hydrogen-bond donors (Lipinski definition) is 0. The number of ether oxygens (including phenoxy) is 4. The number of rotatable bonds is 4. The van der Waals surface area contributed by atoms with Crippen LogP contribution in [0.2, 0.25) is 0 Å². The molecule has 0 bridgehead atoms. The van der Waals surface area contributed by atoms with Crippen LogP contribution in [0.3, 0.4) is 0 Å². The molecule has 4 heteroatoms. The summed E-state index contributed by atoms with van der Waals surface area (Å²) in [5.74, 6) is 0. The third-order valence-corrected chi connectivity index (χ3v) is 12.2. The molecule has 0 aromatic heterocycles. The van der Waals surface area contributed by atoms with Crippen LogP contribution < -0.4 is 0 Å². The van der Waals surface area contributed by atoms with E-state index in [1.165, 1.54) is 55.3 Å². The van der Waals surface area contributed by atoms with Crippen LogP contribution in [0.4, 0.5) is 0 Å². The van der Waals surface area contributed by atoms with Gasteiger partial charge in [0.25, 0.3) is 0 Å². The molecule has 0 atom stereocenters. The largest absolute Gasteiger partial charge is 0.379 e. The van der Waals surface area contributed by atoms with Crippen molar-refractivity contribution in [3.05, 3.63) is 288 Å². The Kier molecular flexibility index (Phi) is 91.9. The number of fused-ring (bicyclic) bond motifs is 4. The van der Waals surface area contributed by atoms with Crippen LogP contribution in [0.1, 0.15) is 352 Å². The van der Waals surface area contributed by atoms with Crippen molar-refractivity contribution in [1.29, 1.82) is 0 Å². The van der Waals surface area contributed by atoms with E-state index in [1.807, 2.05) is 244 Å². The summed E-state index contributed by atoms with van der Waals surface area (Å²) < 4.78 is 19.8. The van der Waals surface area contributed by atoms with Crippen LogP contribution in [0.15, 0.2) is 255 Å². The molecule has 0 fully saturated rings. The van der Waals surface area contributed by atoms with Gasteiger partial charge in [0.15, 0.2) is 0 Å². The van der Waals surface area contributed by atoms with Crippen molar-refractivity contribution in [3.63, 3.8) is 0 Å². The van der Waals surface area contributed by atoms with Gasteiger partial charge in [0.1, 0.15) is 0 Å². The quantitative estimate of drug-likeness (QED) is 0.176. The third-order valence-electron chi connectivity index (χ3n) is 12.2. The third kappa shape index (κ3) is 91.0. The lowest BCUT2D eigenvalue weighted by atomic mass is 9.68. The summed E-state index contributed by atoms with van der Waals surface area (Å²) in [6, 6.07) is 89.2. The Bertz CT molecular complexity index is 2990. The van der Waals surface area contributed by atoms with Crippen LogP contribution in [0.25, 0.3) is 21.9 Å². The van der Waals surface area contributed by atoms with E-state index in [4.69, 9.17) is 18.9 Å². The van der Waals surface area contributed by atoms with Crippen molar-refractivity contribution in [2.75, 3.05) is 28.4 Å². The van der Waals surface area contributed by atoms with E-state index in [0.717, 1.165) is 6.42 Å². The van der Waals surface area contributed by atoms with Crippen molar-refractivity contribution in [2.24, 2.45) is 21.7 Å². The smallest absolute Gasteiger partial charge is 0.0713 e. The average Bonchev–Trinajstić information content (AvgIpc) is 1.54. The molecule has 0 radical (unpaired) electrons. The van der Waals surface area contributed by atoms with Gasteiger partial charge < -0.3 is 18.9 Å². The summed E-state index contributed by atoms with van der Waals surface area (Å²) in [7, 11) is 6.83. The Balaban J connectivity index is -0.000000119. The molecule has 1 aliphatic rings. The van der Waals surface area contributed by atoms with Gasteiger partial charge in [0.2, 0.25) is 0 Å². The number of methoxy groups -OCH3 is 4. The van der Waals surface area contributed by atoms with Crippen LogP contribution in [0, 0.1) is 21.7 Å². The molecule has 666 valence electrons. The highest BCUT2D eigenvalue weighted by Crippen LogP contribution is 2.55. The molecule has 0 spiro atoms. The first kappa shape index (κ1) is 132. The van der Waals surface area contributed by atoms with Gasteiger partial charge in [-0.2, -0.15) is 0 Å². The van der Waals surface area contributed by atoms with Crippen LogP contribution in [0.5, 0.6) is 0 Å². The van der Waals surface area contributed by atoms with Gasteiger partial charge >= 0.3 is 0 Å². The maximum atomic E-state index is 4.94. The van der Waals surface area contributed by atoms with Crippen molar-refractivity contribution >= 4 is 10.8 Å². The Labute approximate surface area is 727 Å². The van der Waals surface area contributed by atoms with Crippen LogP contribution in [-0.2, 0) is 30.8 Å². The predicted molar refractivity (Wildman–Crippen MR) is 540 cm³/mol. The van der Waals surface area contributed by atoms with Crippen molar-refractivity contribution in [3.8, 4) is 11.1 Å². The second-order valence-electron chi connectivity index (χ2n) is 34.5. The highest BCUT2D eigenvalue weighted by atomic mass is 16.5. The summed E-state index contributed by atoms with van der Waals surface area (Å²) >= 11 is 0. The monoisotopic (exact) mass is 1600 g/mol. The van der Waals surface area contributed by atoms with Crippen molar-refractivity contribution in [2.45, 2.75) is 353 Å². The van der Waals surface area contributed by atoms with Gasteiger partial charge in [0.05, 0.1) is 27.8 Å².